The third kappa shape index (κ3) is 2.62. The van der Waals surface area contributed by atoms with Crippen LogP contribution >= 0.6 is 39.1 Å². The summed E-state index contributed by atoms with van der Waals surface area (Å²) in [6.07, 6.45) is 1.01. The topological polar surface area (TPSA) is 47.8 Å². The summed E-state index contributed by atoms with van der Waals surface area (Å²) in [6.45, 7) is 3.74. The molecule has 0 radical (unpaired) electrons. The zero-order chi connectivity index (χ0) is 14.9. The lowest BCUT2D eigenvalue weighted by molar-refractivity contribution is 0.0982. The van der Waals surface area contributed by atoms with Crippen LogP contribution in [-0.2, 0) is 6.42 Å². The van der Waals surface area contributed by atoms with Gasteiger partial charge in [-0.25, -0.2) is 4.68 Å². The normalized spacial score (nSPS) is 10.8. The van der Waals surface area contributed by atoms with E-state index in [4.69, 9.17) is 23.2 Å². The van der Waals surface area contributed by atoms with Crippen LogP contribution in [0.5, 0.6) is 0 Å². The highest BCUT2D eigenvalue weighted by Crippen LogP contribution is 2.35. The van der Waals surface area contributed by atoms with Crippen molar-refractivity contribution in [3.8, 4) is 5.69 Å². The minimum Gasteiger partial charge on any atom is -0.292 e. The van der Waals surface area contributed by atoms with Gasteiger partial charge in [-0.15, -0.1) is 5.10 Å². The average Bonchev–Trinajstić information content (AvgIpc) is 2.87. The number of Topliss-reactive ketones (excluding diaryl/α,β-unsaturated/α-hetero) is 1. The van der Waals surface area contributed by atoms with Crippen LogP contribution in [0.3, 0.4) is 0 Å². The smallest absolute Gasteiger partial charge is 0.184 e. The maximum absolute atomic E-state index is 11.9. The van der Waals surface area contributed by atoms with Gasteiger partial charge in [0.2, 0.25) is 0 Å². The number of nitrogens with zero attached hydrogens (tertiary/aromatic N) is 3. The number of halogens is 3. The van der Waals surface area contributed by atoms with Gasteiger partial charge in [-0.2, -0.15) is 0 Å². The molecule has 0 fully saturated rings. The number of ketones is 1. The second kappa shape index (κ2) is 6.24. The molecular weight excluding hydrogens is 365 g/mol. The van der Waals surface area contributed by atoms with Gasteiger partial charge in [0.15, 0.2) is 11.5 Å². The molecular formula is C13H12BrCl2N3O. The van der Waals surface area contributed by atoms with Crippen molar-refractivity contribution < 1.29 is 4.79 Å². The summed E-state index contributed by atoms with van der Waals surface area (Å²) in [5.41, 5.74) is 1.74. The van der Waals surface area contributed by atoms with Crippen LogP contribution in [0.2, 0.25) is 10.0 Å². The fourth-order valence-electron chi connectivity index (χ4n) is 1.88. The van der Waals surface area contributed by atoms with Gasteiger partial charge in [-0.05, 0) is 34.5 Å². The van der Waals surface area contributed by atoms with Crippen molar-refractivity contribution in [2.45, 2.75) is 26.7 Å². The van der Waals surface area contributed by atoms with E-state index in [2.05, 4.69) is 26.2 Å². The summed E-state index contributed by atoms with van der Waals surface area (Å²) in [5, 5.41) is 8.80. The second-order valence-corrected chi connectivity index (χ2v) is 5.73. The van der Waals surface area contributed by atoms with E-state index in [0.29, 0.717) is 38.7 Å². The lowest BCUT2D eigenvalue weighted by Crippen LogP contribution is -2.06. The fraction of sp³-hybridized carbons (Fsp3) is 0.308. The van der Waals surface area contributed by atoms with Crippen molar-refractivity contribution in [3.63, 3.8) is 0 Å². The van der Waals surface area contributed by atoms with Gasteiger partial charge in [0.05, 0.1) is 21.4 Å². The largest absolute Gasteiger partial charge is 0.292 e. The Bertz CT molecular complexity index is 670. The van der Waals surface area contributed by atoms with E-state index in [-0.39, 0.29) is 5.78 Å². The second-order valence-electron chi connectivity index (χ2n) is 4.12. The van der Waals surface area contributed by atoms with Crippen LogP contribution in [0.15, 0.2) is 16.6 Å². The first-order chi connectivity index (χ1) is 9.51. The predicted octanol–water partition coefficient (Wildman–Crippen LogP) is 4.49. The number of carbonyl (C=O) groups is 1. The molecule has 0 spiro atoms. The standard InChI is InChI=1S/C13H12BrCl2N3O/c1-3-8-13(10(20)4-2)17-18-19(8)9-6-5-7(14)11(15)12(9)16/h5-6H,3-4H2,1-2H3. The predicted molar refractivity (Wildman–Crippen MR) is 83.1 cm³/mol. The zero-order valence-corrected chi connectivity index (χ0v) is 14.1. The highest BCUT2D eigenvalue weighted by molar-refractivity contribution is 9.10. The average molecular weight is 377 g/mol. The summed E-state index contributed by atoms with van der Waals surface area (Å²) in [5.74, 6) is -0.0348. The van der Waals surface area contributed by atoms with Gasteiger partial charge in [-0.3, -0.25) is 4.79 Å². The molecule has 0 saturated carbocycles. The third-order valence-electron chi connectivity index (χ3n) is 2.93. The molecule has 0 aliphatic carbocycles. The van der Waals surface area contributed by atoms with Crippen LogP contribution < -0.4 is 0 Å². The van der Waals surface area contributed by atoms with E-state index in [1.54, 1.807) is 23.7 Å². The van der Waals surface area contributed by atoms with Gasteiger partial charge >= 0.3 is 0 Å². The number of benzene rings is 1. The molecule has 4 nitrogen and oxygen atoms in total. The molecule has 20 heavy (non-hydrogen) atoms. The molecule has 0 N–H and O–H groups in total. The van der Waals surface area contributed by atoms with Crippen molar-refractivity contribution in [2.75, 3.05) is 0 Å². The molecule has 0 atom stereocenters. The van der Waals surface area contributed by atoms with Gasteiger partial charge in [-0.1, -0.05) is 42.3 Å². The lowest BCUT2D eigenvalue weighted by Gasteiger charge is -2.09. The molecule has 1 heterocycles. The number of hydrogen-bond acceptors (Lipinski definition) is 3. The third-order valence-corrected chi connectivity index (χ3v) is 4.69. The summed E-state index contributed by atoms with van der Waals surface area (Å²) >= 11 is 15.7. The summed E-state index contributed by atoms with van der Waals surface area (Å²) in [7, 11) is 0. The Labute approximate surface area is 135 Å². The monoisotopic (exact) mass is 375 g/mol. The van der Waals surface area contributed by atoms with Crippen molar-refractivity contribution in [2.24, 2.45) is 0 Å². The Hall–Kier alpha value is -0.910. The first-order valence-corrected chi connectivity index (χ1v) is 7.67. The SMILES string of the molecule is CCC(=O)c1nnn(-c2ccc(Br)c(Cl)c2Cl)c1CC. The van der Waals surface area contributed by atoms with Crippen LogP contribution in [0, 0.1) is 0 Å². The molecule has 1 aromatic heterocycles. The van der Waals surface area contributed by atoms with E-state index in [1.165, 1.54) is 0 Å². The Morgan fingerprint density at radius 3 is 2.60 bits per heavy atom. The maximum atomic E-state index is 11.9. The molecule has 2 rings (SSSR count). The number of carbonyl (C=O) groups excluding carboxylic acids is 1. The molecule has 0 amide bonds. The van der Waals surface area contributed by atoms with E-state index in [0.717, 1.165) is 5.69 Å². The van der Waals surface area contributed by atoms with E-state index in [1.807, 2.05) is 6.92 Å². The van der Waals surface area contributed by atoms with Gasteiger partial charge in [0, 0.05) is 10.9 Å². The fourth-order valence-corrected chi connectivity index (χ4v) is 2.72. The Morgan fingerprint density at radius 2 is 2.00 bits per heavy atom. The van der Waals surface area contributed by atoms with Crippen LogP contribution in [0.4, 0.5) is 0 Å². The van der Waals surface area contributed by atoms with Gasteiger partial charge in [0.25, 0.3) is 0 Å². The van der Waals surface area contributed by atoms with E-state index in [9.17, 15) is 4.79 Å². The first-order valence-electron chi connectivity index (χ1n) is 6.12. The highest BCUT2D eigenvalue weighted by Gasteiger charge is 2.20. The molecule has 2 aromatic rings. The molecule has 7 heteroatoms. The van der Waals surface area contributed by atoms with Gasteiger partial charge in [0.1, 0.15) is 0 Å². The minimum atomic E-state index is -0.0348. The Kier molecular flexibility index (Phi) is 4.83. The molecule has 0 aliphatic heterocycles. The van der Waals surface area contributed by atoms with Crippen LogP contribution in [-0.4, -0.2) is 20.8 Å². The number of hydrogen-bond donors (Lipinski definition) is 0. The maximum Gasteiger partial charge on any atom is 0.184 e. The van der Waals surface area contributed by atoms with E-state index < -0.39 is 0 Å². The molecule has 0 unspecified atom stereocenters. The molecule has 106 valence electrons. The van der Waals surface area contributed by atoms with Crippen LogP contribution in [0.1, 0.15) is 36.5 Å². The Morgan fingerprint density at radius 1 is 1.30 bits per heavy atom. The van der Waals surface area contributed by atoms with Crippen molar-refractivity contribution in [3.05, 3.63) is 38.0 Å². The molecule has 1 aromatic carbocycles. The molecule has 0 aliphatic rings. The van der Waals surface area contributed by atoms with Crippen molar-refractivity contribution in [1.82, 2.24) is 15.0 Å². The van der Waals surface area contributed by atoms with Crippen molar-refractivity contribution in [1.29, 1.82) is 0 Å². The molecule has 0 bridgehead atoms. The summed E-state index contributed by atoms with van der Waals surface area (Å²) < 4.78 is 2.28. The number of rotatable bonds is 4. The van der Waals surface area contributed by atoms with Crippen molar-refractivity contribution >= 4 is 44.9 Å². The molecule has 0 saturated heterocycles. The first kappa shape index (κ1) is 15.5. The van der Waals surface area contributed by atoms with Crippen LogP contribution in [0.25, 0.3) is 5.69 Å². The zero-order valence-electron chi connectivity index (χ0n) is 11.0. The lowest BCUT2D eigenvalue weighted by atomic mass is 10.1. The quantitative estimate of drug-likeness (QED) is 0.583. The summed E-state index contributed by atoms with van der Waals surface area (Å²) in [6, 6.07) is 3.57. The Balaban J connectivity index is 2.62. The van der Waals surface area contributed by atoms with Gasteiger partial charge < -0.3 is 0 Å². The van der Waals surface area contributed by atoms with E-state index >= 15 is 0 Å². The minimum absolute atomic E-state index is 0.0348. The summed E-state index contributed by atoms with van der Waals surface area (Å²) in [4.78, 5) is 11.9. The highest BCUT2D eigenvalue weighted by atomic mass is 79.9. The number of aromatic nitrogens is 3.